The van der Waals surface area contributed by atoms with Crippen LogP contribution in [0.25, 0.3) is 0 Å². The topological polar surface area (TPSA) is 74.4 Å². The van der Waals surface area contributed by atoms with Crippen LogP contribution in [-0.4, -0.2) is 30.8 Å². The number of hydrogen-bond acceptors (Lipinski definition) is 6. The van der Waals surface area contributed by atoms with Gasteiger partial charge in [-0.1, -0.05) is 0 Å². The third kappa shape index (κ3) is 3.20. The third-order valence-electron chi connectivity index (χ3n) is 3.03. The van der Waals surface area contributed by atoms with E-state index >= 15 is 0 Å². The molecule has 1 aromatic rings. The molecule has 6 heteroatoms. The zero-order chi connectivity index (χ0) is 13.0. The van der Waals surface area contributed by atoms with E-state index < -0.39 is 5.97 Å². The number of rotatable bonds is 4. The number of nitrogens with zero attached hydrogens (tertiary/aromatic N) is 1. The van der Waals surface area contributed by atoms with Crippen molar-refractivity contribution in [3.8, 4) is 0 Å². The van der Waals surface area contributed by atoms with E-state index in [2.05, 4.69) is 9.72 Å². The highest BCUT2D eigenvalue weighted by molar-refractivity contribution is 7.15. The first-order valence-corrected chi connectivity index (χ1v) is 6.97. The van der Waals surface area contributed by atoms with E-state index in [0.717, 1.165) is 37.3 Å². The van der Waals surface area contributed by atoms with Crippen molar-refractivity contribution in [3.05, 3.63) is 10.7 Å². The Hall–Kier alpha value is -1.14. The number of ether oxygens (including phenoxy) is 2. The molecule has 0 amide bonds. The first kappa shape index (κ1) is 13.3. The van der Waals surface area contributed by atoms with Crippen LogP contribution in [0.5, 0.6) is 0 Å². The summed E-state index contributed by atoms with van der Waals surface area (Å²) in [6.07, 6.45) is 5.57. The molecule has 0 saturated carbocycles. The summed E-state index contributed by atoms with van der Waals surface area (Å²) in [5, 5.41) is 1.31. The molecular formula is C12H18N2O3S. The minimum Gasteiger partial charge on any atom is -0.464 e. The number of methoxy groups -OCH3 is 1. The highest BCUT2D eigenvalue weighted by Crippen LogP contribution is 2.24. The first-order valence-electron chi connectivity index (χ1n) is 6.16. The lowest BCUT2D eigenvalue weighted by molar-refractivity contribution is 0.0115. The molecule has 0 aliphatic carbocycles. The number of hydrogen-bond donors (Lipinski definition) is 1. The Bertz CT molecular complexity index is 413. The third-order valence-corrected chi connectivity index (χ3v) is 3.97. The Morgan fingerprint density at radius 3 is 3.11 bits per heavy atom. The van der Waals surface area contributed by atoms with E-state index in [1.807, 2.05) is 0 Å². The van der Waals surface area contributed by atoms with Gasteiger partial charge in [-0.3, -0.25) is 0 Å². The van der Waals surface area contributed by atoms with Gasteiger partial charge in [0.1, 0.15) is 5.00 Å². The van der Waals surface area contributed by atoms with Gasteiger partial charge in [0.05, 0.1) is 18.2 Å². The van der Waals surface area contributed by atoms with Crippen LogP contribution in [0.3, 0.4) is 0 Å². The molecule has 1 fully saturated rings. The average Bonchev–Trinajstić information content (AvgIpc) is 2.78. The molecule has 1 saturated heterocycles. The van der Waals surface area contributed by atoms with Crippen molar-refractivity contribution < 1.29 is 14.3 Å². The lowest BCUT2D eigenvalue weighted by Gasteiger charge is -2.21. The number of nitrogens with two attached hydrogens (primary N) is 1. The van der Waals surface area contributed by atoms with Gasteiger partial charge < -0.3 is 15.2 Å². The molecule has 1 aliphatic rings. The summed E-state index contributed by atoms with van der Waals surface area (Å²) in [5.41, 5.74) is 5.99. The maximum atomic E-state index is 11.4. The smallest absolute Gasteiger partial charge is 0.359 e. The molecule has 0 radical (unpaired) electrons. The lowest BCUT2D eigenvalue weighted by Crippen LogP contribution is -2.19. The Balaban J connectivity index is 1.91. The van der Waals surface area contributed by atoms with Crippen molar-refractivity contribution in [2.75, 3.05) is 19.5 Å². The molecule has 2 rings (SSSR count). The number of carbonyl (C=O) groups is 1. The van der Waals surface area contributed by atoms with Gasteiger partial charge in [-0.05, 0) is 25.7 Å². The molecular weight excluding hydrogens is 252 g/mol. The molecule has 1 atom stereocenters. The van der Waals surface area contributed by atoms with Gasteiger partial charge in [0.15, 0.2) is 5.69 Å². The Labute approximate surface area is 110 Å². The summed E-state index contributed by atoms with van der Waals surface area (Å²) in [6.45, 7) is 0.859. The van der Waals surface area contributed by atoms with Gasteiger partial charge in [-0.2, -0.15) is 0 Å². The number of aryl methyl sites for hydroxylation is 1. The molecule has 18 heavy (non-hydrogen) atoms. The van der Waals surface area contributed by atoms with Gasteiger partial charge >= 0.3 is 5.97 Å². The van der Waals surface area contributed by atoms with Crippen LogP contribution < -0.4 is 5.73 Å². The molecule has 0 spiro atoms. The van der Waals surface area contributed by atoms with Crippen LogP contribution in [0.1, 0.15) is 41.2 Å². The van der Waals surface area contributed by atoms with Crippen molar-refractivity contribution in [3.63, 3.8) is 0 Å². The Morgan fingerprint density at radius 1 is 1.61 bits per heavy atom. The summed E-state index contributed by atoms with van der Waals surface area (Å²) in [7, 11) is 1.33. The van der Waals surface area contributed by atoms with E-state index in [0.29, 0.717) is 11.1 Å². The molecule has 100 valence electrons. The predicted octanol–water partition coefficient (Wildman–Crippen LogP) is 2.01. The second-order valence-electron chi connectivity index (χ2n) is 4.34. The normalized spacial score (nSPS) is 19.7. The summed E-state index contributed by atoms with van der Waals surface area (Å²) >= 11 is 1.36. The van der Waals surface area contributed by atoms with Gasteiger partial charge in [-0.15, -0.1) is 11.3 Å². The number of nitrogen functional groups attached to an aromatic ring is 1. The predicted molar refractivity (Wildman–Crippen MR) is 69.8 cm³/mol. The molecule has 0 aromatic carbocycles. The van der Waals surface area contributed by atoms with Crippen LogP contribution in [0, 0.1) is 0 Å². The number of carbonyl (C=O) groups excluding carboxylic acids is 1. The van der Waals surface area contributed by atoms with Gasteiger partial charge in [0.25, 0.3) is 0 Å². The van der Waals surface area contributed by atoms with Crippen molar-refractivity contribution in [2.24, 2.45) is 0 Å². The number of anilines is 1. The van der Waals surface area contributed by atoms with E-state index in [-0.39, 0.29) is 5.69 Å². The number of esters is 1. The molecule has 1 aliphatic heterocycles. The number of thiazole rings is 1. The minimum atomic E-state index is -0.469. The standard InChI is InChI=1S/C12H18N2O3S/c1-16-12(15)10-11(13)18-9(14-10)6-5-8-4-2-3-7-17-8/h8H,2-7,13H2,1H3. The van der Waals surface area contributed by atoms with Gasteiger partial charge in [-0.25, -0.2) is 9.78 Å². The maximum Gasteiger partial charge on any atom is 0.359 e. The Kier molecular flexibility index (Phi) is 4.54. The second kappa shape index (κ2) is 6.15. The summed E-state index contributed by atoms with van der Waals surface area (Å²) in [5.74, 6) is -0.469. The monoisotopic (exact) mass is 270 g/mol. The maximum absolute atomic E-state index is 11.4. The average molecular weight is 270 g/mol. The lowest BCUT2D eigenvalue weighted by atomic mass is 10.1. The van der Waals surface area contributed by atoms with Crippen molar-refractivity contribution in [2.45, 2.75) is 38.2 Å². The highest BCUT2D eigenvalue weighted by Gasteiger charge is 2.18. The highest BCUT2D eigenvalue weighted by atomic mass is 32.1. The molecule has 2 heterocycles. The summed E-state index contributed by atoms with van der Waals surface area (Å²) in [4.78, 5) is 15.6. The summed E-state index contributed by atoms with van der Waals surface area (Å²) in [6, 6.07) is 0. The van der Waals surface area contributed by atoms with Crippen LogP contribution >= 0.6 is 11.3 Å². The zero-order valence-electron chi connectivity index (χ0n) is 10.5. The van der Waals surface area contributed by atoms with E-state index in [1.165, 1.54) is 24.9 Å². The van der Waals surface area contributed by atoms with Crippen LogP contribution in [0.2, 0.25) is 0 Å². The Morgan fingerprint density at radius 2 is 2.44 bits per heavy atom. The molecule has 2 N–H and O–H groups in total. The van der Waals surface area contributed by atoms with Crippen molar-refractivity contribution in [1.29, 1.82) is 0 Å². The van der Waals surface area contributed by atoms with Crippen molar-refractivity contribution >= 4 is 22.3 Å². The second-order valence-corrected chi connectivity index (χ2v) is 5.45. The van der Waals surface area contributed by atoms with Gasteiger partial charge in [0, 0.05) is 13.0 Å². The minimum absolute atomic E-state index is 0.238. The van der Waals surface area contributed by atoms with Crippen LogP contribution in [0.4, 0.5) is 5.00 Å². The fourth-order valence-corrected chi connectivity index (χ4v) is 2.88. The molecule has 1 aromatic heterocycles. The number of aromatic nitrogens is 1. The van der Waals surface area contributed by atoms with E-state index in [4.69, 9.17) is 10.5 Å². The van der Waals surface area contributed by atoms with Crippen molar-refractivity contribution in [1.82, 2.24) is 4.98 Å². The molecule has 0 bridgehead atoms. The first-order chi connectivity index (χ1) is 8.70. The SMILES string of the molecule is COC(=O)c1nc(CCC2CCCCO2)sc1N. The molecule has 1 unspecified atom stereocenters. The summed E-state index contributed by atoms with van der Waals surface area (Å²) < 4.78 is 10.3. The van der Waals surface area contributed by atoms with Gasteiger partial charge in [0.2, 0.25) is 0 Å². The zero-order valence-corrected chi connectivity index (χ0v) is 11.3. The van der Waals surface area contributed by atoms with E-state index in [9.17, 15) is 4.79 Å². The quantitative estimate of drug-likeness (QED) is 0.847. The largest absolute Gasteiger partial charge is 0.464 e. The molecule has 5 nitrogen and oxygen atoms in total. The van der Waals surface area contributed by atoms with E-state index in [1.54, 1.807) is 0 Å². The van der Waals surface area contributed by atoms with Crippen LogP contribution in [-0.2, 0) is 15.9 Å². The fraction of sp³-hybridized carbons (Fsp3) is 0.667. The van der Waals surface area contributed by atoms with Crippen LogP contribution in [0.15, 0.2) is 0 Å². The fourth-order valence-electron chi connectivity index (χ4n) is 2.05.